The van der Waals surface area contributed by atoms with E-state index in [2.05, 4.69) is 109 Å². The first kappa shape index (κ1) is 18.4. The number of fused-ring (bicyclic) bond motifs is 5. The fourth-order valence-electron chi connectivity index (χ4n) is 5.09. The van der Waals surface area contributed by atoms with E-state index in [4.69, 9.17) is 4.74 Å². The van der Waals surface area contributed by atoms with Gasteiger partial charge in [-0.05, 0) is 90.0 Å². The van der Waals surface area contributed by atoms with Crippen LogP contribution in [0.5, 0.6) is 0 Å². The minimum absolute atomic E-state index is 0.298. The van der Waals surface area contributed by atoms with Crippen LogP contribution in [0.2, 0.25) is 0 Å². The van der Waals surface area contributed by atoms with Crippen LogP contribution < -0.4 is 4.90 Å². The largest absolute Gasteiger partial charge is 0.366 e. The zero-order valence-corrected chi connectivity index (χ0v) is 17.7. The Morgan fingerprint density at radius 2 is 1.23 bits per heavy atom. The standard InChI is InChI=1S/C29H25NO/c1-20-18-21(22-12-14-25-26(19-22)29-17-16-28(25)31-29)13-15-27(20)30(23-8-4-2-5-9-23)24-10-6-3-7-11-24/h2-15,18-19,28-29H,16-17H2,1H3. The summed E-state index contributed by atoms with van der Waals surface area (Å²) < 4.78 is 6.10. The summed E-state index contributed by atoms with van der Waals surface area (Å²) >= 11 is 0. The summed E-state index contributed by atoms with van der Waals surface area (Å²) in [5.74, 6) is 0. The molecule has 4 aromatic carbocycles. The Balaban J connectivity index is 1.41. The zero-order valence-electron chi connectivity index (χ0n) is 17.7. The van der Waals surface area contributed by atoms with Crippen LogP contribution in [-0.4, -0.2) is 0 Å². The van der Waals surface area contributed by atoms with Gasteiger partial charge >= 0.3 is 0 Å². The normalized spacial score (nSPS) is 18.7. The Hall–Kier alpha value is -3.36. The molecule has 2 atom stereocenters. The van der Waals surface area contributed by atoms with Crippen LogP contribution in [0.3, 0.4) is 0 Å². The first-order chi connectivity index (χ1) is 15.3. The molecule has 31 heavy (non-hydrogen) atoms. The van der Waals surface area contributed by atoms with Crippen molar-refractivity contribution in [2.24, 2.45) is 0 Å². The van der Waals surface area contributed by atoms with Gasteiger partial charge in [-0.2, -0.15) is 0 Å². The second-order valence-corrected chi connectivity index (χ2v) is 8.54. The number of hydrogen-bond acceptors (Lipinski definition) is 2. The molecule has 2 heteroatoms. The summed E-state index contributed by atoms with van der Waals surface area (Å²) in [7, 11) is 0. The zero-order chi connectivity index (χ0) is 20.8. The third-order valence-electron chi connectivity index (χ3n) is 6.60. The van der Waals surface area contributed by atoms with E-state index < -0.39 is 0 Å². The number of nitrogens with zero attached hydrogens (tertiary/aromatic N) is 1. The van der Waals surface area contributed by atoms with E-state index in [-0.39, 0.29) is 0 Å². The van der Waals surface area contributed by atoms with Crippen molar-refractivity contribution in [3.63, 3.8) is 0 Å². The van der Waals surface area contributed by atoms with E-state index in [0.29, 0.717) is 12.2 Å². The summed E-state index contributed by atoms with van der Waals surface area (Å²) in [5, 5.41) is 0. The SMILES string of the molecule is Cc1cc(-c2ccc3c(c2)C2CCC3O2)ccc1N(c1ccccc1)c1ccccc1. The van der Waals surface area contributed by atoms with Crippen molar-refractivity contribution in [1.29, 1.82) is 0 Å². The molecule has 2 aliphatic heterocycles. The molecule has 2 aliphatic rings. The molecule has 2 nitrogen and oxygen atoms in total. The molecular weight excluding hydrogens is 378 g/mol. The van der Waals surface area contributed by atoms with E-state index in [1.165, 1.54) is 39.9 Å². The van der Waals surface area contributed by atoms with Gasteiger partial charge in [0.1, 0.15) is 0 Å². The minimum atomic E-state index is 0.298. The first-order valence-corrected chi connectivity index (χ1v) is 11.1. The van der Waals surface area contributed by atoms with Crippen molar-refractivity contribution < 1.29 is 4.74 Å². The lowest BCUT2D eigenvalue weighted by molar-refractivity contribution is 0.0717. The fraction of sp³-hybridized carbons (Fsp3) is 0.172. The molecule has 2 heterocycles. The van der Waals surface area contributed by atoms with Gasteiger partial charge in [-0.25, -0.2) is 0 Å². The van der Waals surface area contributed by atoms with Crippen molar-refractivity contribution in [2.45, 2.75) is 32.0 Å². The Morgan fingerprint density at radius 3 is 1.87 bits per heavy atom. The average Bonchev–Trinajstić information content (AvgIpc) is 3.44. The number of hydrogen-bond donors (Lipinski definition) is 0. The van der Waals surface area contributed by atoms with Crippen molar-refractivity contribution in [3.05, 3.63) is 114 Å². The van der Waals surface area contributed by atoms with E-state index in [0.717, 1.165) is 17.8 Å². The summed E-state index contributed by atoms with van der Waals surface area (Å²) in [4.78, 5) is 2.33. The average molecular weight is 404 g/mol. The molecule has 4 aromatic rings. The van der Waals surface area contributed by atoms with Crippen LogP contribution in [0.15, 0.2) is 97.1 Å². The van der Waals surface area contributed by atoms with Crippen molar-refractivity contribution in [3.8, 4) is 11.1 Å². The lowest BCUT2D eigenvalue weighted by Gasteiger charge is -2.27. The fourth-order valence-corrected chi connectivity index (χ4v) is 5.09. The maximum atomic E-state index is 6.10. The number of para-hydroxylation sites is 2. The Morgan fingerprint density at radius 1 is 0.645 bits per heavy atom. The second kappa shape index (κ2) is 7.40. The third kappa shape index (κ3) is 3.15. The van der Waals surface area contributed by atoms with E-state index in [9.17, 15) is 0 Å². The summed E-state index contributed by atoms with van der Waals surface area (Å²) in [6.45, 7) is 2.20. The topological polar surface area (TPSA) is 12.5 Å². The number of rotatable bonds is 4. The predicted molar refractivity (Wildman–Crippen MR) is 127 cm³/mol. The molecule has 1 saturated heterocycles. The molecule has 0 radical (unpaired) electrons. The van der Waals surface area contributed by atoms with Crippen LogP contribution in [-0.2, 0) is 4.74 Å². The van der Waals surface area contributed by atoms with Crippen LogP contribution >= 0.6 is 0 Å². The van der Waals surface area contributed by atoms with E-state index >= 15 is 0 Å². The van der Waals surface area contributed by atoms with Gasteiger partial charge in [0.2, 0.25) is 0 Å². The van der Waals surface area contributed by atoms with Crippen LogP contribution in [0.25, 0.3) is 11.1 Å². The van der Waals surface area contributed by atoms with Crippen molar-refractivity contribution >= 4 is 17.1 Å². The highest BCUT2D eigenvalue weighted by Gasteiger charge is 2.37. The van der Waals surface area contributed by atoms with Gasteiger partial charge < -0.3 is 9.64 Å². The molecule has 0 aromatic heterocycles. The molecular formula is C29H25NO. The lowest BCUT2D eigenvalue weighted by Crippen LogP contribution is -2.11. The number of anilines is 3. The van der Waals surface area contributed by atoms with Gasteiger partial charge in [0.05, 0.1) is 12.2 Å². The number of ether oxygens (including phenoxy) is 1. The van der Waals surface area contributed by atoms with E-state index in [1.807, 2.05) is 0 Å². The second-order valence-electron chi connectivity index (χ2n) is 8.54. The van der Waals surface area contributed by atoms with E-state index in [1.54, 1.807) is 0 Å². The molecule has 0 saturated carbocycles. The van der Waals surface area contributed by atoms with Gasteiger partial charge in [-0.3, -0.25) is 0 Å². The van der Waals surface area contributed by atoms with Crippen LogP contribution in [0.1, 0.15) is 41.7 Å². The minimum Gasteiger partial charge on any atom is -0.366 e. The molecule has 0 aliphatic carbocycles. The Bertz CT molecular complexity index is 1190. The molecule has 152 valence electrons. The van der Waals surface area contributed by atoms with Gasteiger partial charge in [-0.1, -0.05) is 54.6 Å². The summed E-state index contributed by atoms with van der Waals surface area (Å²) in [5.41, 5.74) is 10.1. The molecule has 6 rings (SSSR count). The van der Waals surface area contributed by atoms with Gasteiger partial charge in [-0.15, -0.1) is 0 Å². The third-order valence-corrected chi connectivity index (χ3v) is 6.60. The van der Waals surface area contributed by atoms with Gasteiger partial charge in [0.15, 0.2) is 0 Å². The maximum Gasteiger partial charge on any atom is 0.0838 e. The lowest BCUT2D eigenvalue weighted by atomic mass is 9.89. The predicted octanol–water partition coefficient (Wildman–Crippen LogP) is 8.04. The summed E-state index contributed by atoms with van der Waals surface area (Å²) in [6.07, 6.45) is 2.94. The highest BCUT2D eigenvalue weighted by atomic mass is 16.5. The number of benzene rings is 4. The highest BCUT2D eigenvalue weighted by molar-refractivity contribution is 5.80. The Labute approximate surface area is 183 Å². The molecule has 0 spiro atoms. The smallest absolute Gasteiger partial charge is 0.0838 e. The molecule has 0 N–H and O–H groups in total. The number of aryl methyl sites for hydroxylation is 1. The highest BCUT2D eigenvalue weighted by Crippen LogP contribution is 2.51. The maximum absolute atomic E-state index is 6.10. The molecule has 2 bridgehead atoms. The quantitative estimate of drug-likeness (QED) is 0.342. The Kier molecular flexibility index (Phi) is 4.40. The molecule has 2 unspecified atom stereocenters. The monoisotopic (exact) mass is 403 g/mol. The van der Waals surface area contributed by atoms with Crippen molar-refractivity contribution in [1.82, 2.24) is 0 Å². The first-order valence-electron chi connectivity index (χ1n) is 11.1. The van der Waals surface area contributed by atoms with Crippen LogP contribution in [0.4, 0.5) is 17.1 Å². The molecule has 0 amide bonds. The van der Waals surface area contributed by atoms with Crippen molar-refractivity contribution in [2.75, 3.05) is 4.90 Å². The van der Waals surface area contributed by atoms with Gasteiger partial charge in [0, 0.05) is 17.1 Å². The summed E-state index contributed by atoms with van der Waals surface area (Å²) in [6, 6.07) is 34.8. The van der Waals surface area contributed by atoms with Gasteiger partial charge in [0.25, 0.3) is 0 Å². The molecule has 1 fully saturated rings. The van der Waals surface area contributed by atoms with Crippen LogP contribution in [0, 0.1) is 6.92 Å².